The Hall–Kier alpha value is -1.32. The van der Waals surface area contributed by atoms with Gasteiger partial charge in [-0.25, -0.2) is 0 Å². The van der Waals surface area contributed by atoms with E-state index in [9.17, 15) is 0 Å². The molecule has 0 aliphatic rings. The van der Waals surface area contributed by atoms with Crippen molar-refractivity contribution in [1.82, 2.24) is 9.78 Å². The van der Waals surface area contributed by atoms with Crippen molar-refractivity contribution in [2.45, 2.75) is 32.7 Å². The number of aromatic nitrogens is 2. The third-order valence-electron chi connectivity index (χ3n) is 1.85. The fourth-order valence-electron chi connectivity index (χ4n) is 1.18. The summed E-state index contributed by atoms with van der Waals surface area (Å²) in [6.45, 7) is 2.94. The highest BCUT2D eigenvalue weighted by Gasteiger charge is 1.94. The van der Waals surface area contributed by atoms with Gasteiger partial charge in [0.15, 0.2) is 0 Å². The van der Waals surface area contributed by atoms with Crippen LogP contribution in [0.15, 0.2) is 12.4 Å². The number of rotatable bonds is 5. The van der Waals surface area contributed by atoms with Gasteiger partial charge in [0.2, 0.25) is 0 Å². The summed E-state index contributed by atoms with van der Waals surface area (Å²) in [4.78, 5) is 0. The molecule has 1 rings (SSSR count). The zero-order chi connectivity index (χ0) is 9.68. The minimum atomic E-state index is 0.275. The molecule has 0 amide bonds. The fraction of sp³-hybridized carbons (Fsp3) is 0.556. The Kier molecular flexibility index (Phi) is 3.49. The first kappa shape index (κ1) is 9.77. The first-order chi connectivity index (χ1) is 6.18. The van der Waals surface area contributed by atoms with E-state index in [1.165, 1.54) is 5.56 Å². The first-order valence-electron chi connectivity index (χ1n) is 4.50. The molecule has 1 aromatic heterocycles. The highest BCUT2D eigenvalue weighted by molar-refractivity contribution is 5.76. The Morgan fingerprint density at radius 1 is 1.62 bits per heavy atom. The fourth-order valence-corrected chi connectivity index (χ4v) is 1.18. The molecule has 0 saturated heterocycles. The lowest BCUT2D eigenvalue weighted by Crippen LogP contribution is -2.09. The van der Waals surface area contributed by atoms with Crippen molar-refractivity contribution in [2.24, 2.45) is 5.73 Å². The molecule has 4 nitrogen and oxygen atoms in total. The van der Waals surface area contributed by atoms with E-state index in [-0.39, 0.29) is 5.84 Å². The maximum atomic E-state index is 7.04. The van der Waals surface area contributed by atoms with E-state index in [0.717, 1.165) is 19.4 Å². The Balaban J connectivity index is 2.16. The average Bonchev–Trinajstić information content (AvgIpc) is 2.45. The summed E-state index contributed by atoms with van der Waals surface area (Å²) < 4.78 is 1.93. The predicted molar refractivity (Wildman–Crippen MR) is 52.7 cm³/mol. The minimum Gasteiger partial charge on any atom is -0.388 e. The SMILES string of the molecule is Cc1cnn(CCCCC(=N)N)c1. The highest BCUT2D eigenvalue weighted by atomic mass is 15.3. The largest absolute Gasteiger partial charge is 0.388 e. The molecule has 0 saturated carbocycles. The molecule has 4 heteroatoms. The van der Waals surface area contributed by atoms with Crippen molar-refractivity contribution in [2.75, 3.05) is 0 Å². The van der Waals surface area contributed by atoms with Crippen molar-refractivity contribution in [3.63, 3.8) is 0 Å². The third-order valence-corrected chi connectivity index (χ3v) is 1.85. The highest BCUT2D eigenvalue weighted by Crippen LogP contribution is 2.00. The van der Waals surface area contributed by atoms with Crippen molar-refractivity contribution < 1.29 is 0 Å². The summed E-state index contributed by atoms with van der Waals surface area (Å²) in [5.41, 5.74) is 6.42. The van der Waals surface area contributed by atoms with Gasteiger partial charge < -0.3 is 5.73 Å². The number of nitrogens with two attached hydrogens (primary N) is 1. The van der Waals surface area contributed by atoms with Crippen LogP contribution in [0.1, 0.15) is 24.8 Å². The van der Waals surface area contributed by atoms with E-state index in [2.05, 4.69) is 5.10 Å². The average molecular weight is 180 g/mol. The molecule has 3 N–H and O–H groups in total. The molecule has 0 bridgehead atoms. The van der Waals surface area contributed by atoms with E-state index in [1.807, 2.05) is 24.0 Å². The summed E-state index contributed by atoms with van der Waals surface area (Å²) in [5.74, 6) is 0.275. The van der Waals surface area contributed by atoms with Gasteiger partial charge in [-0.1, -0.05) is 0 Å². The van der Waals surface area contributed by atoms with Crippen molar-refractivity contribution in [3.8, 4) is 0 Å². The summed E-state index contributed by atoms with van der Waals surface area (Å²) in [6, 6.07) is 0. The van der Waals surface area contributed by atoms with Crippen LogP contribution in [0.5, 0.6) is 0 Å². The van der Waals surface area contributed by atoms with Crippen LogP contribution in [0.25, 0.3) is 0 Å². The van der Waals surface area contributed by atoms with E-state index in [4.69, 9.17) is 11.1 Å². The molecule has 0 radical (unpaired) electrons. The first-order valence-corrected chi connectivity index (χ1v) is 4.50. The number of amidine groups is 1. The van der Waals surface area contributed by atoms with Crippen LogP contribution < -0.4 is 5.73 Å². The Morgan fingerprint density at radius 2 is 2.38 bits per heavy atom. The van der Waals surface area contributed by atoms with Gasteiger partial charge >= 0.3 is 0 Å². The smallest absolute Gasteiger partial charge is 0.0905 e. The minimum absolute atomic E-state index is 0.275. The van der Waals surface area contributed by atoms with Crippen LogP contribution in [0.3, 0.4) is 0 Å². The molecule has 1 heterocycles. The molecular weight excluding hydrogens is 164 g/mol. The second-order valence-corrected chi connectivity index (χ2v) is 3.26. The normalized spacial score (nSPS) is 10.2. The lowest BCUT2D eigenvalue weighted by Gasteiger charge is -2.00. The van der Waals surface area contributed by atoms with Crippen molar-refractivity contribution in [3.05, 3.63) is 18.0 Å². The number of nitrogens with one attached hydrogen (secondary N) is 1. The van der Waals surface area contributed by atoms with Crippen LogP contribution in [0, 0.1) is 12.3 Å². The molecule has 1 aromatic rings. The van der Waals surface area contributed by atoms with Crippen LogP contribution in [-0.2, 0) is 6.54 Å². The molecule has 0 aliphatic heterocycles. The monoisotopic (exact) mass is 180 g/mol. The quantitative estimate of drug-likeness (QED) is 0.407. The number of unbranched alkanes of at least 4 members (excludes halogenated alkanes) is 1. The molecule has 13 heavy (non-hydrogen) atoms. The van der Waals surface area contributed by atoms with E-state index in [0.29, 0.717) is 6.42 Å². The van der Waals surface area contributed by atoms with E-state index < -0.39 is 0 Å². The number of hydrogen-bond acceptors (Lipinski definition) is 2. The van der Waals surface area contributed by atoms with Gasteiger partial charge in [-0.15, -0.1) is 0 Å². The van der Waals surface area contributed by atoms with Gasteiger partial charge in [0.05, 0.1) is 12.0 Å². The zero-order valence-electron chi connectivity index (χ0n) is 7.95. The summed E-state index contributed by atoms with van der Waals surface area (Å²) in [5, 5.41) is 11.2. The molecule has 0 unspecified atom stereocenters. The topological polar surface area (TPSA) is 67.7 Å². The van der Waals surface area contributed by atoms with Crippen LogP contribution >= 0.6 is 0 Å². The van der Waals surface area contributed by atoms with E-state index in [1.54, 1.807) is 0 Å². The molecule has 0 aromatic carbocycles. The van der Waals surface area contributed by atoms with Gasteiger partial charge in [-0.05, 0) is 25.3 Å². The number of nitrogens with zero attached hydrogens (tertiary/aromatic N) is 2. The third kappa shape index (κ3) is 3.73. The molecule has 0 aliphatic carbocycles. The molecule has 0 spiro atoms. The maximum Gasteiger partial charge on any atom is 0.0905 e. The maximum absolute atomic E-state index is 7.04. The van der Waals surface area contributed by atoms with E-state index >= 15 is 0 Å². The Labute approximate surface area is 78.3 Å². The van der Waals surface area contributed by atoms with Crippen molar-refractivity contribution >= 4 is 5.84 Å². The van der Waals surface area contributed by atoms with Crippen LogP contribution in [0.4, 0.5) is 0 Å². The van der Waals surface area contributed by atoms with Crippen LogP contribution in [0.2, 0.25) is 0 Å². The second kappa shape index (κ2) is 4.64. The lowest BCUT2D eigenvalue weighted by atomic mass is 10.2. The molecule has 72 valence electrons. The lowest BCUT2D eigenvalue weighted by molar-refractivity contribution is 0.563. The number of aryl methyl sites for hydroxylation is 2. The molecule has 0 atom stereocenters. The summed E-state index contributed by atoms with van der Waals surface area (Å²) in [6.07, 6.45) is 6.56. The van der Waals surface area contributed by atoms with Crippen LogP contribution in [-0.4, -0.2) is 15.6 Å². The molecular formula is C9H16N4. The predicted octanol–water partition coefficient (Wildman–Crippen LogP) is 1.30. The van der Waals surface area contributed by atoms with Gasteiger partial charge in [-0.2, -0.15) is 5.10 Å². The summed E-state index contributed by atoms with van der Waals surface area (Å²) in [7, 11) is 0. The number of hydrogen-bond donors (Lipinski definition) is 2. The summed E-state index contributed by atoms with van der Waals surface area (Å²) >= 11 is 0. The van der Waals surface area contributed by atoms with Gasteiger partial charge in [0.25, 0.3) is 0 Å². The van der Waals surface area contributed by atoms with Gasteiger partial charge in [0, 0.05) is 19.2 Å². The van der Waals surface area contributed by atoms with Gasteiger partial charge in [0.1, 0.15) is 0 Å². The zero-order valence-corrected chi connectivity index (χ0v) is 7.95. The second-order valence-electron chi connectivity index (χ2n) is 3.26. The molecule has 0 fully saturated rings. The van der Waals surface area contributed by atoms with Crippen molar-refractivity contribution in [1.29, 1.82) is 5.41 Å². The standard InChI is InChI=1S/C9H16N4/c1-8-6-12-13(7-8)5-3-2-4-9(10)11/h6-7H,2-5H2,1H3,(H3,10,11). The van der Waals surface area contributed by atoms with Gasteiger partial charge in [-0.3, -0.25) is 10.1 Å². The Morgan fingerprint density at radius 3 is 2.92 bits per heavy atom. The Bertz CT molecular complexity index is 277.